The summed E-state index contributed by atoms with van der Waals surface area (Å²) < 4.78 is 0. The number of rotatable bonds is 16. The van der Waals surface area contributed by atoms with Gasteiger partial charge < -0.3 is 5.73 Å². The van der Waals surface area contributed by atoms with Gasteiger partial charge in [0.1, 0.15) is 5.78 Å². The Morgan fingerprint density at radius 2 is 1.05 bits per heavy atom. The smallest absolute Gasteiger partial charge is 0.149 e. The van der Waals surface area contributed by atoms with Crippen molar-refractivity contribution in [3.8, 4) is 0 Å². The molecule has 0 rings (SSSR count). The molecule has 134 valence electrons. The average Bonchev–Trinajstić information content (AvgIpc) is 2.47. The summed E-state index contributed by atoms with van der Waals surface area (Å²) in [5.74, 6) is 0.217. The van der Waals surface area contributed by atoms with E-state index in [4.69, 9.17) is 5.73 Å². The molecule has 0 aromatic carbocycles. The van der Waals surface area contributed by atoms with Crippen molar-refractivity contribution in [2.75, 3.05) is 0 Å². The van der Waals surface area contributed by atoms with Crippen molar-refractivity contribution in [3.05, 3.63) is 0 Å². The Morgan fingerprint density at radius 1 is 0.727 bits per heavy atom. The molecule has 0 spiro atoms. The van der Waals surface area contributed by atoms with E-state index < -0.39 is 0 Å². The molecule has 0 saturated carbocycles. The van der Waals surface area contributed by atoms with Gasteiger partial charge in [0.05, 0.1) is 6.04 Å². The Balaban J connectivity index is 0. The number of unbranched alkanes of at least 4 members (excludes halogenated alkanes) is 13. The minimum Gasteiger partial charge on any atom is -0.322 e. The van der Waals surface area contributed by atoms with Gasteiger partial charge in [-0.25, -0.2) is 0 Å². The van der Waals surface area contributed by atoms with Crippen LogP contribution in [0.5, 0.6) is 0 Å². The fourth-order valence-corrected chi connectivity index (χ4v) is 2.72. The molecule has 0 heterocycles. The fraction of sp³-hybridized carbons (Fsp3) is 0.947. The van der Waals surface area contributed by atoms with Crippen LogP contribution in [0.4, 0.5) is 0 Å². The highest BCUT2D eigenvalue weighted by molar-refractivity contribution is 5.85. The molecule has 3 heteroatoms. The largest absolute Gasteiger partial charge is 0.322 e. The number of ketones is 1. The SMILES string of the molecule is CCCCCCCCCCCCCCCCC(=O)[C@H](C)N.Cl. The molecule has 2 nitrogen and oxygen atoms in total. The molecule has 0 aliphatic heterocycles. The van der Waals surface area contributed by atoms with Gasteiger partial charge in [0.15, 0.2) is 0 Å². The molecule has 0 aliphatic carbocycles. The molecule has 0 aliphatic rings. The van der Waals surface area contributed by atoms with Crippen LogP contribution in [0.25, 0.3) is 0 Å². The lowest BCUT2D eigenvalue weighted by atomic mass is 10.0. The van der Waals surface area contributed by atoms with Gasteiger partial charge in [-0.05, 0) is 13.3 Å². The number of carbonyl (C=O) groups excluding carboxylic acids is 1. The first-order valence-corrected chi connectivity index (χ1v) is 9.46. The van der Waals surface area contributed by atoms with E-state index in [-0.39, 0.29) is 24.2 Å². The molecule has 1 atom stereocenters. The normalized spacial score (nSPS) is 12.0. The molecule has 0 radical (unpaired) electrons. The molecule has 0 aromatic heterocycles. The maximum Gasteiger partial charge on any atom is 0.149 e. The molecule has 2 N–H and O–H groups in total. The van der Waals surface area contributed by atoms with Gasteiger partial charge >= 0.3 is 0 Å². The van der Waals surface area contributed by atoms with E-state index in [1.54, 1.807) is 6.92 Å². The highest BCUT2D eigenvalue weighted by Crippen LogP contribution is 2.13. The number of nitrogens with two attached hydrogens (primary N) is 1. The molecule has 0 amide bonds. The first-order valence-electron chi connectivity index (χ1n) is 9.46. The Morgan fingerprint density at radius 3 is 1.36 bits per heavy atom. The molecule has 0 fully saturated rings. The van der Waals surface area contributed by atoms with E-state index in [1.165, 1.54) is 83.5 Å². The lowest BCUT2D eigenvalue weighted by Gasteiger charge is -2.04. The van der Waals surface area contributed by atoms with E-state index >= 15 is 0 Å². The van der Waals surface area contributed by atoms with E-state index in [9.17, 15) is 4.79 Å². The van der Waals surface area contributed by atoms with Crippen molar-refractivity contribution >= 4 is 18.2 Å². The van der Waals surface area contributed by atoms with Crippen LogP contribution in [-0.4, -0.2) is 11.8 Å². The predicted octanol–water partition coefficient (Wildman–Crippen LogP) is 6.20. The maximum absolute atomic E-state index is 11.3. The van der Waals surface area contributed by atoms with E-state index in [0.29, 0.717) is 6.42 Å². The van der Waals surface area contributed by atoms with Crippen molar-refractivity contribution in [1.82, 2.24) is 0 Å². The highest BCUT2D eigenvalue weighted by Gasteiger charge is 2.05. The monoisotopic (exact) mass is 333 g/mol. The van der Waals surface area contributed by atoms with Crippen LogP contribution in [0.3, 0.4) is 0 Å². The Kier molecular flexibility index (Phi) is 20.8. The second-order valence-electron chi connectivity index (χ2n) is 6.60. The summed E-state index contributed by atoms with van der Waals surface area (Å²) in [4.78, 5) is 11.3. The van der Waals surface area contributed by atoms with Crippen molar-refractivity contribution in [1.29, 1.82) is 0 Å². The lowest BCUT2D eigenvalue weighted by molar-refractivity contribution is -0.120. The number of hydrogen-bond donors (Lipinski definition) is 1. The first-order chi connectivity index (χ1) is 10.2. The van der Waals surface area contributed by atoms with Gasteiger partial charge in [0.2, 0.25) is 0 Å². The summed E-state index contributed by atoms with van der Waals surface area (Å²) in [5.41, 5.74) is 5.54. The van der Waals surface area contributed by atoms with Gasteiger partial charge in [-0.15, -0.1) is 12.4 Å². The molecule has 0 aromatic rings. The van der Waals surface area contributed by atoms with E-state index in [2.05, 4.69) is 6.92 Å². The minimum atomic E-state index is -0.271. The van der Waals surface area contributed by atoms with Crippen molar-refractivity contribution < 1.29 is 4.79 Å². The van der Waals surface area contributed by atoms with E-state index in [0.717, 1.165) is 6.42 Å². The van der Waals surface area contributed by atoms with Crippen molar-refractivity contribution in [2.24, 2.45) is 5.73 Å². The summed E-state index contributed by atoms with van der Waals surface area (Å²) in [6.45, 7) is 4.06. The van der Waals surface area contributed by atoms with Crippen LogP contribution in [-0.2, 0) is 4.79 Å². The number of halogens is 1. The Hall–Kier alpha value is -0.0800. The minimum absolute atomic E-state index is 0. The standard InChI is InChI=1S/C19H39NO.ClH/c1-3-4-5-6-7-8-9-10-11-12-13-14-15-16-17-19(21)18(2)20;/h18H,3-17,20H2,1-2H3;1H/t18-;/m0./s1. The summed E-state index contributed by atoms with van der Waals surface area (Å²) in [5, 5.41) is 0. The quantitative estimate of drug-likeness (QED) is 0.342. The third-order valence-corrected chi connectivity index (χ3v) is 4.28. The summed E-state index contributed by atoms with van der Waals surface area (Å²) in [6, 6.07) is -0.271. The Bertz CT molecular complexity index is 231. The number of carbonyl (C=O) groups is 1. The third-order valence-electron chi connectivity index (χ3n) is 4.28. The van der Waals surface area contributed by atoms with Gasteiger partial charge in [0.25, 0.3) is 0 Å². The zero-order valence-electron chi connectivity index (χ0n) is 15.1. The lowest BCUT2D eigenvalue weighted by Crippen LogP contribution is -2.26. The predicted molar refractivity (Wildman–Crippen MR) is 101 cm³/mol. The fourth-order valence-electron chi connectivity index (χ4n) is 2.72. The van der Waals surface area contributed by atoms with Crippen LogP contribution in [0, 0.1) is 0 Å². The maximum atomic E-state index is 11.3. The van der Waals surface area contributed by atoms with Crippen LogP contribution >= 0.6 is 12.4 Å². The van der Waals surface area contributed by atoms with Crippen molar-refractivity contribution in [3.63, 3.8) is 0 Å². The van der Waals surface area contributed by atoms with Gasteiger partial charge in [-0.3, -0.25) is 4.79 Å². The first kappa shape index (κ1) is 24.2. The zero-order valence-corrected chi connectivity index (χ0v) is 15.9. The van der Waals surface area contributed by atoms with Crippen LogP contribution in [0.15, 0.2) is 0 Å². The average molecular weight is 334 g/mol. The molecular formula is C19H40ClNO. The summed E-state index contributed by atoms with van der Waals surface area (Å²) in [6.07, 6.45) is 19.6. The molecule has 22 heavy (non-hydrogen) atoms. The Labute approximate surface area is 145 Å². The number of Topliss-reactive ketones (excluding diaryl/α,β-unsaturated/α-hetero) is 1. The van der Waals surface area contributed by atoms with Gasteiger partial charge in [-0.2, -0.15) is 0 Å². The van der Waals surface area contributed by atoms with Gasteiger partial charge in [0, 0.05) is 6.42 Å². The van der Waals surface area contributed by atoms with Gasteiger partial charge in [-0.1, -0.05) is 90.4 Å². The number of hydrogen-bond acceptors (Lipinski definition) is 2. The van der Waals surface area contributed by atoms with Crippen LogP contribution < -0.4 is 5.73 Å². The van der Waals surface area contributed by atoms with Crippen LogP contribution in [0.2, 0.25) is 0 Å². The molecule has 0 saturated heterocycles. The van der Waals surface area contributed by atoms with E-state index in [1.807, 2.05) is 0 Å². The molecule has 0 bridgehead atoms. The summed E-state index contributed by atoms with van der Waals surface area (Å²) in [7, 11) is 0. The highest BCUT2D eigenvalue weighted by atomic mass is 35.5. The second-order valence-corrected chi connectivity index (χ2v) is 6.60. The van der Waals surface area contributed by atoms with Crippen LogP contribution in [0.1, 0.15) is 110 Å². The van der Waals surface area contributed by atoms with Crippen molar-refractivity contribution in [2.45, 2.75) is 116 Å². The zero-order chi connectivity index (χ0) is 15.8. The second kappa shape index (κ2) is 19.0. The molecular weight excluding hydrogens is 294 g/mol. The third kappa shape index (κ3) is 18.0. The summed E-state index contributed by atoms with van der Waals surface area (Å²) >= 11 is 0. The molecule has 0 unspecified atom stereocenters. The topological polar surface area (TPSA) is 43.1 Å².